The molecule has 2 atom stereocenters. The monoisotopic (exact) mass is 314 g/mol. The van der Waals surface area contributed by atoms with E-state index in [9.17, 15) is 14.7 Å². The largest absolute Gasteiger partial charge is 0.477 e. The fourth-order valence-electron chi connectivity index (χ4n) is 2.06. The number of nitrogens with zero attached hydrogens (tertiary/aromatic N) is 4. The molecule has 0 saturated carbocycles. The van der Waals surface area contributed by atoms with Gasteiger partial charge in [0, 0.05) is 11.5 Å². The number of aromatic nitrogens is 4. The van der Waals surface area contributed by atoms with E-state index in [2.05, 4.69) is 20.6 Å². The molecule has 1 aromatic rings. The van der Waals surface area contributed by atoms with E-state index in [4.69, 9.17) is 5.73 Å². The van der Waals surface area contributed by atoms with Gasteiger partial charge in [0.1, 0.15) is 17.1 Å². The molecule has 9 nitrogen and oxygen atoms in total. The molecule has 106 valence electrons. The number of thioether (sulfide) groups is 2. The number of carboxylic acids is 1. The van der Waals surface area contributed by atoms with Crippen molar-refractivity contribution >= 4 is 35.4 Å². The molecule has 1 saturated heterocycles. The number of carbonyl (C=O) groups is 2. The Morgan fingerprint density at radius 2 is 2.45 bits per heavy atom. The van der Waals surface area contributed by atoms with Gasteiger partial charge in [-0.25, -0.2) is 9.89 Å². The number of nitrogens with one attached hydrogen (secondary N) is 1. The third kappa shape index (κ3) is 2.07. The highest BCUT2D eigenvalue weighted by atomic mass is 32.2. The second-order valence-corrected chi connectivity index (χ2v) is 6.26. The van der Waals surface area contributed by atoms with Crippen LogP contribution in [0.1, 0.15) is 0 Å². The summed E-state index contributed by atoms with van der Waals surface area (Å²) in [6.07, 6.45) is 0. The van der Waals surface area contributed by atoms with E-state index in [0.29, 0.717) is 22.2 Å². The number of fused-ring (bicyclic) bond motifs is 1. The minimum Gasteiger partial charge on any atom is -0.477 e. The topological polar surface area (TPSA) is 138 Å². The van der Waals surface area contributed by atoms with Crippen LogP contribution >= 0.6 is 23.5 Å². The highest BCUT2D eigenvalue weighted by Crippen LogP contribution is 2.40. The van der Waals surface area contributed by atoms with Crippen LogP contribution in [0.4, 0.5) is 0 Å². The van der Waals surface area contributed by atoms with Crippen LogP contribution in [0.3, 0.4) is 0 Å². The second-order valence-electron chi connectivity index (χ2n) is 4.19. The number of rotatable bonds is 4. The molecule has 1 aromatic heterocycles. The number of amides is 1. The normalized spacial score (nSPS) is 25.4. The van der Waals surface area contributed by atoms with Crippen molar-refractivity contribution in [1.82, 2.24) is 25.5 Å². The smallest absolute Gasteiger partial charge is 0.352 e. The molecule has 1 amide bonds. The summed E-state index contributed by atoms with van der Waals surface area (Å²) in [7, 11) is 0. The number of H-pyrrole nitrogens is 1. The van der Waals surface area contributed by atoms with Gasteiger partial charge in [-0.05, 0) is 16.0 Å². The Labute approximate surface area is 121 Å². The molecule has 0 radical (unpaired) electrons. The summed E-state index contributed by atoms with van der Waals surface area (Å²) < 4.78 is 0. The number of β-lactam (4-membered cyclic amide) rings is 1. The molecule has 11 heteroatoms. The zero-order valence-electron chi connectivity index (χ0n) is 10.0. The minimum atomic E-state index is -1.11. The van der Waals surface area contributed by atoms with Gasteiger partial charge in [0.25, 0.3) is 0 Å². The number of nitrogens with two attached hydrogens (primary N) is 1. The molecule has 2 aliphatic heterocycles. The number of carboxylic acid groups (broad SMARTS) is 1. The summed E-state index contributed by atoms with van der Waals surface area (Å²) in [5.74, 6) is -0.527. The quantitative estimate of drug-likeness (QED) is 0.465. The Morgan fingerprint density at radius 3 is 3.10 bits per heavy atom. The highest BCUT2D eigenvalue weighted by Gasteiger charge is 2.51. The number of carbonyl (C=O) groups excluding carboxylic acids is 1. The van der Waals surface area contributed by atoms with Crippen LogP contribution in [0.15, 0.2) is 16.4 Å². The first-order valence-corrected chi connectivity index (χ1v) is 7.65. The molecule has 0 bridgehead atoms. The summed E-state index contributed by atoms with van der Waals surface area (Å²) in [5.41, 5.74) is 6.38. The van der Waals surface area contributed by atoms with Crippen LogP contribution in [0.5, 0.6) is 0 Å². The first-order valence-electron chi connectivity index (χ1n) is 5.61. The van der Waals surface area contributed by atoms with Crippen LogP contribution < -0.4 is 5.73 Å². The van der Waals surface area contributed by atoms with E-state index in [1.54, 1.807) is 0 Å². The standard InChI is InChI=1S/C9H10N6O3S2/c10-4-6(16)15-5(8(17)18)3(1-19-7(4)15)2-20-9-11-13-14-12-9/h4,7H,1-2,10H2,(H,17,18)(H,11,12,13,14)/t4?,7-/m1/s1. The van der Waals surface area contributed by atoms with E-state index in [-0.39, 0.29) is 17.0 Å². The van der Waals surface area contributed by atoms with Crippen molar-refractivity contribution < 1.29 is 14.7 Å². The van der Waals surface area contributed by atoms with Gasteiger partial charge in [0.2, 0.25) is 11.1 Å². The number of tetrazole rings is 1. The number of hydrogen-bond acceptors (Lipinski definition) is 8. The fraction of sp³-hybridized carbons (Fsp3) is 0.444. The van der Waals surface area contributed by atoms with E-state index in [0.717, 1.165) is 0 Å². The number of hydrogen-bond donors (Lipinski definition) is 3. The zero-order valence-corrected chi connectivity index (χ0v) is 11.6. The van der Waals surface area contributed by atoms with Gasteiger partial charge in [-0.2, -0.15) is 0 Å². The number of aliphatic carboxylic acids is 1. The predicted octanol–water partition coefficient (Wildman–Crippen LogP) is -1.13. The fourth-order valence-corrected chi connectivity index (χ4v) is 4.23. The Hall–Kier alpha value is -1.59. The van der Waals surface area contributed by atoms with Crippen molar-refractivity contribution in [1.29, 1.82) is 0 Å². The van der Waals surface area contributed by atoms with Gasteiger partial charge < -0.3 is 10.8 Å². The second kappa shape index (κ2) is 5.07. The van der Waals surface area contributed by atoms with Crippen molar-refractivity contribution in [3.05, 3.63) is 11.3 Å². The zero-order chi connectivity index (χ0) is 14.3. The van der Waals surface area contributed by atoms with Crippen molar-refractivity contribution in [2.75, 3.05) is 11.5 Å². The van der Waals surface area contributed by atoms with Crippen LogP contribution in [0.2, 0.25) is 0 Å². The molecule has 20 heavy (non-hydrogen) atoms. The lowest BCUT2D eigenvalue weighted by atomic mass is 10.0. The molecule has 4 N–H and O–H groups in total. The van der Waals surface area contributed by atoms with Gasteiger partial charge in [-0.15, -0.1) is 16.9 Å². The third-order valence-electron chi connectivity index (χ3n) is 3.00. The molecule has 3 heterocycles. The summed E-state index contributed by atoms with van der Waals surface area (Å²) in [5, 5.41) is 22.7. The predicted molar refractivity (Wildman–Crippen MR) is 70.6 cm³/mol. The lowest BCUT2D eigenvalue weighted by Gasteiger charge is -2.48. The molecule has 0 spiro atoms. The van der Waals surface area contributed by atoms with Gasteiger partial charge >= 0.3 is 5.97 Å². The molecule has 2 aliphatic rings. The average Bonchev–Trinajstić information content (AvgIpc) is 2.96. The van der Waals surface area contributed by atoms with Crippen LogP contribution in [-0.4, -0.2) is 65.4 Å². The van der Waals surface area contributed by atoms with Crippen molar-refractivity contribution in [2.24, 2.45) is 5.73 Å². The first-order chi connectivity index (χ1) is 9.59. The van der Waals surface area contributed by atoms with Crippen LogP contribution in [0.25, 0.3) is 0 Å². The lowest BCUT2D eigenvalue weighted by molar-refractivity contribution is -0.147. The van der Waals surface area contributed by atoms with Gasteiger partial charge in [-0.3, -0.25) is 9.69 Å². The lowest BCUT2D eigenvalue weighted by Crippen LogP contribution is -2.68. The maximum atomic E-state index is 11.7. The molecular weight excluding hydrogens is 304 g/mol. The maximum absolute atomic E-state index is 11.7. The van der Waals surface area contributed by atoms with E-state index >= 15 is 0 Å². The summed E-state index contributed by atoms with van der Waals surface area (Å²) in [6.45, 7) is 0. The van der Waals surface area contributed by atoms with E-state index < -0.39 is 12.0 Å². The third-order valence-corrected chi connectivity index (χ3v) is 5.30. The van der Waals surface area contributed by atoms with Crippen LogP contribution in [-0.2, 0) is 9.59 Å². The maximum Gasteiger partial charge on any atom is 0.352 e. The highest BCUT2D eigenvalue weighted by molar-refractivity contribution is 8.01. The molecular formula is C9H10N6O3S2. The van der Waals surface area contributed by atoms with Crippen molar-refractivity contribution in [3.63, 3.8) is 0 Å². The van der Waals surface area contributed by atoms with Crippen molar-refractivity contribution in [3.8, 4) is 0 Å². The van der Waals surface area contributed by atoms with Gasteiger partial charge in [0.05, 0.1) is 0 Å². The molecule has 0 aromatic carbocycles. The average molecular weight is 314 g/mol. The van der Waals surface area contributed by atoms with Crippen LogP contribution in [0, 0.1) is 0 Å². The summed E-state index contributed by atoms with van der Waals surface area (Å²) in [6, 6.07) is -0.609. The first kappa shape index (κ1) is 13.4. The van der Waals surface area contributed by atoms with Gasteiger partial charge in [0.15, 0.2) is 0 Å². The van der Waals surface area contributed by atoms with E-state index in [1.165, 1.54) is 28.4 Å². The van der Waals surface area contributed by atoms with E-state index in [1.807, 2.05) is 0 Å². The summed E-state index contributed by atoms with van der Waals surface area (Å²) in [4.78, 5) is 24.4. The Kier molecular flexibility index (Phi) is 3.40. The van der Waals surface area contributed by atoms with Gasteiger partial charge in [-0.1, -0.05) is 11.8 Å². The molecule has 1 fully saturated rings. The molecule has 3 rings (SSSR count). The SMILES string of the molecule is NC1C(=O)N2C(C(=O)O)=C(CSc3nnn[nH]3)CS[C@H]12. The minimum absolute atomic E-state index is 0.0421. The number of aromatic amines is 1. The Balaban J connectivity index is 1.82. The Bertz CT molecular complexity index is 589. The van der Waals surface area contributed by atoms with Crippen molar-refractivity contribution in [2.45, 2.75) is 16.6 Å². The Morgan fingerprint density at radius 1 is 1.65 bits per heavy atom. The summed E-state index contributed by atoms with van der Waals surface area (Å²) >= 11 is 2.76. The molecule has 1 unspecified atom stereocenters. The molecule has 0 aliphatic carbocycles.